The summed E-state index contributed by atoms with van der Waals surface area (Å²) in [5, 5.41) is 2.74. The number of halogens is 1. The second-order valence-corrected chi connectivity index (χ2v) is 11.2. The molecule has 214 valence electrons. The Morgan fingerprint density at radius 3 is 2.18 bits per heavy atom. The maximum Gasteiger partial charge on any atom is 0.354 e. The van der Waals surface area contributed by atoms with Crippen LogP contribution in [0.5, 0.6) is 0 Å². The molecule has 2 fully saturated rings. The van der Waals surface area contributed by atoms with E-state index in [9.17, 15) is 14.4 Å². The zero-order valence-electron chi connectivity index (χ0n) is 23.2. The molecule has 0 saturated carbocycles. The molecule has 0 spiro atoms. The van der Waals surface area contributed by atoms with Crippen LogP contribution < -0.4 is 22.5 Å². The van der Waals surface area contributed by atoms with Crippen molar-refractivity contribution in [1.82, 2.24) is 24.3 Å². The summed E-state index contributed by atoms with van der Waals surface area (Å²) in [5.41, 5.74) is 12.4. The summed E-state index contributed by atoms with van der Waals surface area (Å²) in [7, 11) is 0. The molecule has 2 atom stereocenters. The summed E-state index contributed by atoms with van der Waals surface area (Å²) in [5.74, 6) is 0.0305. The number of likely N-dealkylation sites (tertiary alicyclic amines) is 1. The minimum Gasteiger partial charge on any atom is -0.337 e. The highest BCUT2D eigenvalue weighted by Gasteiger charge is 2.38. The molecular weight excluding hydrogens is 520 g/mol. The highest BCUT2D eigenvalue weighted by Crippen LogP contribution is 2.20. The molecule has 3 heterocycles. The monoisotopic (exact) mass is 560 g/mol. The molecule has 0 aliphatic carbocycles. The third-order valence-electron chi connectivity index (χ3n) is 7.28. The van der Waals surface area contributed by atoms with Crippen LogP contribution in [0.25, 0.3) is 5.69 Å². The van der Waals surface area contributed by atoms with Crippen LogP contribution in [-0.2, 0) is 11.3 Å². The molecule has 0 radical (unpaired) electrons. The summed E-state index contributed by atoms with van der Waals surface area (Å²) in [6, 6.07) is 8.93. The van der Waals surface area contributed by atoms with Crippen molar-refractivity contribution < 1.29 is 9.59 Å². The number of nitrogens with two attached hydrogens (primary N) is 2. The number of amides is 3. The van der Waals surface area contributed by atoms with E-state index in [0.29, 0.717) is 24.8 Å². The maximum absolute atomic E-state index is 13.1. The second-order valence-electron chi connectivity index (χ2n) is 11.2. The molecule has 11 nitrogen and oxygen atoms in total. The molecule has 1 aromatic carbocycles. The Morgan fingerprint density at radius 1 is 1.05 bits per heavy atom. The molecule has 4 rings (SSSR count). The molecule has 2 unspecified atom stereocenters. The smallest absolute Gasteiger partial charge is 0.337 e. The Morgan fingerprint density at radius 2 is 1.64 bits per heavy atom. The molecular formula is C27H41ClN8O3. The minimum atomic E-state index is -0.972. The van der Waals surface area contributed by atoms with E-state index < -0.39 is 11.2 Å². The number of hydrogen-bond acceptors (Lipinski definition) is 7. The van der Waals surface area contributed by atoms with Crippen LogP contribution in [0.15, 0.2) is 41.3 Å². The van der Waals surface area contributed by atoms with Crippen molar-refractivity contribution in [3.05, 3.63) is 52.6 Å². The minimum absolute atomic E-state index is 0. The largest absolute Gasteiger partial charge is 0.354 e. The molecule has 2 saturated heterocycles. The molecule has 2 aliphatic rings. The van der Waals surface area contributed by atoms with E-state index >= 15 is 0 Å². The maximum atomic E-state index is 13.1. The van der Waals surface area contributed by atoms with Crippen LogP contribution in [0, 0.1) is 0 Å². The fourth-order valence-corrected chi connectivity index (χ4v) is 5.27. The van der Waals surface area contributed by atoms with E-state index in [2.05, 4.69) is 15.2 Å². The number of piperazine rings is 1. The van der Waals surface area contributed by atoms with Crippen LogP contribution in [0.2, 0.25) is 0 Å². The molecule has 3 amide bonds. The summed E-state index contributed by atoms with van der Waals surface area (Å²) in [6.07, 6.45) is 3.64. The summed E-state index contributed by atoms with van der Waals surface area (Å²) in [4.78, 5) is 48.3. The van der Waals surface area contributed by atoms with Gasteiger partial charge in [0.15, 0.2) is 0 Å². The average Bonchev–Trinajstić information content (AvgIpc) is 2.84. The lowest BCUT2D eigenvalue weighted by atomic mass is 10.0. The highest BCUT2D eigenvalue weighted by molar-refractivity contribution is 5.89. The number of rotatable bonds is 5. The second kappa shape index (κ2) is 12.5. The first-order chi connectivity index (χ1) is 17.9. The number of anilines is 1. The number of nitrogens with zero attached hydrogens (tertiary/aromatic N) is 5. The van der Waals surface area contributed by atoms with Gasteiger partial charge in [-0.15, -0.1) is 12.4 Å². The van der Waals surface area contributed by atoms with Gasteiger partial charge in [0.05, 0.1) is 11.2 Å². The first-order valence-corrected chi connectivity index (χ1v) is 13.3. The number of benzene rings is 1. The van der Waals surface area contributed by atoms with Crippen molar-refractivity contribution in [2.24, 2.45) is 11.5 Å². The van der Waals surface area contributed by atoms with E-state index in [-0.39, 0.29) is 42.2 Å². The van der Waals surface area contributed by atoms with Gasteiger partial charge in [0, 0.05) is 44.0 Å². The van der Waals surface area contributed by atoms with Gasteiger partial charge in [-0.2, -0.15) is 4.98 Å². The van der Waals surface area contributed by atoms with E-state index in [0.717, 1.165) is 32.5 Å². The molecule has 2 aromatic rings. The SMILES string of the molecule is CC1CN(C(=O)C(C)(C)N)CC(C)N1C(=O)Nc1ccn(-c2ccc(CN3CCC(N)CC3)cc2)c(=O)n1.Cl. The number of carbonyl (C=O) groups excluding carboxylic acids is 2. The third kappa shape index (κ3) is 7.36. The highest BCUT2D eigenvalue weighted by atomic mass is 35.5. The van der Waals surface area contributed by atoms with Gasteiger partial charge in [-0.1, -0.05) is 12.1 Å². The average molecular weight is 561 g/mol. The van der Waals surface area contributed by atoms with Crippen LogP contribution in [0.4, 0.5) is 10.6 Å². The number of aromatic nitrogens is 2. The molecule has 39 heavy (non-hydrogen) atoms. The lowest BCUT2D eigenvalue weighted by Gasteiger charge is -2.45. The Hall–Kier alpha value is -2.99. The van der Waals surface area contributed by atoms with Crippen molar-refractivity contribution in [3.63, 3.8) is 0 Å². The number of urea groups is 1. The first-order valence-electron chi connectivity index (χ1n) is 13.3. The van der Waals surface area contributed by atoms with Crippen molar-refractivity contribution in [3.8, 4) is 5.69 Å². The molecule has 5 N–H and O–H groups in total. The van der Waals surface area contributed by atoms with Crippen LogP contribution in [0.1, 0.15) is 46.1 Å². The van der Waals surface area contributed by atoms with Crippen LogP contribution in [-0.4, -0.2) is 86.0 Å². The summed E-state index contributed by atoms with van der Waals surface area (Å²) in [6.45, 7) is 10.7. The standard InChI is InChI=1S/C27H40N8O3.ClH/c1-18-15-33(24(36)27(3,4)29)16-19(2)35(18)26(38)31-23-11-14-34(25(37)30-23)22-7-5-20(6-8-22)17-32-12-9-21(28)10-13-32;/h5-8,11,14,18-19,21H,9-10,12-13,15-17,28-29H2,1-4H3,(H,30,31,37,38);1H. The molecule has 0 bridgehead atoms. The lowest BCUT2D eigenvalue weighted by molar-refractivity contribution is -0.139. The first kappa shape index (κ1) is 30.6. The fraction of sp³-hybridized carbons (Fsp3) is 0.556. The summed E-state index contributed by atoms with van der Waals surface area (Å²) >= 11 is 0. The van der Waals surface area contributed by atoms with Crippen LogP contribution >= 0.6 is 12.4 Å². The van der Waals surface area contributed by atoms with Gasteiger partial charge in [-0.3, -0.25) is 19.6 Å². The predicted molar refractivity (Wildman–Crippen MR) is 154 cm³/mol. The Bertz CT molecular complexity index is 1190. The van der Waals surface area contributed by atoms with Crippen LogP contribution in [0.3, 0.4) is 0 Å². The van der Waals surface area contributed by atoms with Crippen molar-refractivity contribution in [1.29, 1.82) is 0 Å². The van der Waals surface area contributed by atoms with Crippen molar-refractivity contribution in [2.75, 3.05) is 31.5 Å². The van der Waals surface area contributed by atoms with E-state index in [1.54, 1.807) is 35.9 Å². The zero-order chi connectivity index (χ0) is 27.6. The number of carbonyl (C=O) groups is 2. The molecule has 1 aromatic heterocycles. The Labute approximate surface area is 235 Å². The van der Waals surface area contributed by atoms with Gasteiger partial charge in [-0.25, -0.2) is 9.59 Å². The van der Waals surface area contributed by atoms with E-state index in [1.807, 2.05) is 38.1 Å². The zero-order valence-corrected chi connectivity index (χ0v) is 24.0. The van der Waals surface area contributed by atoms with E-state index in [4.69, 9.17) is 11.5 Å². The van der Waals surface area contributed by atoms with Gasteiger partial charge >= 0.3 is 11.7 Å². The van der Waals surface area contributed by atoms with E-state index in [1.165, 1.54) is 10.1 Å². The topological polar surface area (TPSA) is 143 Å². The quantitative estimate of drug-likeness (QED) is 0.505. The normalized spacial score (nSPS) is 20.9. The summed E-state index contributed by atoms with van der Waals surface area (Å²) < 4.78 is 1.45. The van der Waals surface area contributed by atoms with Gasteiger partial charge in [0.25, 0.3) is 0 Å². The predicted octanol–water partition coefficient (Wildman–Crippen LogP) is 1.77. The third-order valence-corrected chi connectivity index (χ3v) is 7.28. The molecule has 2 aliphatic heterocycles. The number of nitrogens with one attached hydrogen (secondary N) is 1. The molecule has 12 heteroatoms. The number of hydrogen-bond donors (Lipinski definition) is 3. The van der Waals surface area contributed by atoms with Gasteiger partial charge in [0.1, 0.15) is 5.82 Å². The fourth-order valence-electron chi connectivity index (χ4n) is 5.27. The van der Waals surface area contributed by atoms with Gasteiger partial charge in [0.2, 0.25) is 5.91 Å². The Kier molecular flexibility index (Phi) is 9.76. The van der Waals surface area contributed by atoms with Gasteiger partial charge < -0.3 is 21.3 Å². The Balaban J connectivity index is 0.00000420. The number of piperidine rings is 1. The van der Waals surface area contributed by atoms with Crippen molar-refractivity contribution >= 4 is 30.2 Å². The van der Waals surface area contributed by atoms with Crippen molar-refractivity contribution in [2.45, 2.75) is 70.7 Å². The lowest BCUT2D eigenvalue weighted by Crippen LogP contribution is -2.64. The van der Waals surface area contributed by atoms with Gasteiger partial charge in [-0.05, 0) is 77.4 Å².